The van der Waals surface area contributed by atoms with Crippen LogP contribution < -0.4 is 20.1 Å². The number of nitrogens with one attached hydrogen (secondary N) is 2. The molecular weight excluding hydrogens is 792 g/mol. The number of halogens is 4. The van der Waals surface area contributed by atoms with E-state index in [-0.39, 0.29) is 57.8 Å². The van der Waals surface area contributed by atoms with Crippen LogP contribution in [0.1, 0.15) is 24.0 Å². The molecule has 0 spiro atoms. The molecule has 6 N–H and O–H groups in total. The number of phenols is 2. The summed E-state index contributed by atoms with van der Waals surface area (Å²) in [6.45, 7) is 0.441. The first kappa shape index (κ1) is 33.6. The summed E-state index contributed by atoms with van der Waals surface area (Å²) in [6.07, 6.45) is 0.651. The van der Waals surface area contributed by atoms with E-state index < -0.39 is 11.8 Å². The lowest BCUT2D eigenvalue weighted by atomic mass is 10.1. The number of rotatable bonds is 13. The van der Waals surface area contributed by atoms with Crippen LogP contribution >= 0.6 is 63.7 Å². The van der Waals surface area contributed by atoms with Crippen molar-refractivity contribution in [2.45, 2.75) is 25.7 Å². The molecule has 0 saturated carbocycles. The Labute approximate surface area is 263 Å². The van der Waals surface area contributed by atoms with Crippen LogP contribution in [0, 0.1) is 0 Å². The van der Waals surface area contributed by atoms with Crippen LogP contribution in [0.15, 0.2) is 40.3 Å². The molecule has 0 unspecified atom stereocenters. The van der Waals surface area contributed by atoms with Gasteiger partial charge < -0.3 is 40.7 Å². The third-order valence-corrected chi connectivity index (χ3v) is 8.17. The maximum absolute atomic E-state index is 12.5. The number of nitrogens with zero attached hydrogens (tertiary/aromatic N) is 2. The number of hydrogen-bond acceptors (Lipinski definition) is 10. The van der Waals surface area contributed by atoms with E-state index in [4.69, 9.17) is 9.47 Å². The number of phenolic OH excluding ortho intramolecular Hbond substituents is 2. The van der Waals surface area contributed by atoms with Gasteiger partial charge >= 0.3 is 0 Å². The van der Waals surface area contributed by atoms with Gasteiger partial charge in [-0.25, -0.2) is 0 Å². The summed E-state index contributed by atoms with van der Waals surface area (Å²) < 4.78 is 12.0. The molecule has 218 valence electrons. The molecule has 0 radical (unpaired) electrons. The van der Waals surface area contributed by atoms with Gasteiger partial charge in [-0.2, -0.15) is 0 Å². The van der Waals surface area contributed by atoms with E-state index >= 15 is 0 Å². The van der Waals surface area contributed by atoms with Gasteiger partial charge in [0.1, 0.15) is 31.9 Å². The second kappa shape index (κ2) is 16.0. The Kier molecular flexibility index (Phi) is 13.5. The molecule has 0 aliphatic carbocycles. The number of hydrogen-bond donors (Lipinski definition) is 6. The van der Waals surface area contributed by atoms with E-state index in [1.165, 1.54) is 14.2 Å². The van der Waals surface area contributed by atoms with Crippen molar-refractivity contribution in [1.29, 1.82) is 0 Å². The molecule has 0 bridgehead atoms. The summed E-state index contributed by atoms with van der Waals surface area (Å²) in [6, 6.07) is 3.11. The molecule has 12 nitrogen and oxygen atoms in total. The number of carbonyl (C=O) groups excluding carboxylic acids is 2. The topological polar surface area (TPSA) is 182 Å². The Morgan fingerprint density at radius 2 is 1.10 bits per heavy atom. The van der Waals surface area contributed by atoms with E-state index in [0.29, 0.717) is 44.4 Å². The summed E-state index contributed by atoms with van der Waals surface area (Å²) in [7, 11) is 2.88. The highest BCUT2D eigenvalue weighted by atomic mass is 79.9. The highest BCUT2D eigenvalue weighted by molar-refractivity contribution is 9.11. The summed E-state index contributed by atoms with van der Waals surface area (Å²) in [5.74, 6) is -0.813. The predicted octanol–water partition coefficient (Wildman–Crippen LogP) is 4.62. The standard InChI is InChI=1S/C24H26Br4N4O8/c1-39-21-13(25)7-11(19(33)17(21)27)9-15(31-37)23(35)29-5-3-4-6-30-24(36)16(32-38)10-12-8-14(26)22(40-2)18(28)20(12)34/h7-8,33-34,37-38H,3-6,9-10H2,1-2H3,(H,29,35)(H,30,36)/b31-15+,32-16+. The van der Waals surface area contributed by atoms with Crippen LogP contribution in [0.3, 0.4) is 0 Å². The maximum atomic E-state index is 12.5. The fraction of sp³-hybridized carbons (Fsp3) is 0.333. The zero-order valence-electron chi connectivity index (χ0n) is 21.2. The molecular formula is C24H26Br4N4O8. The van der Waals surface area contributed by atoms with Gasteiger partial charge in [0.05, 0.1) is 23.2 Å². The van der Waals surface area contributed by atoms with Crippen molar-refractivity contribution in [2.75, 3.05) is 27.3 Å². The van der Waals surface area contributed by atoms with Gasteiger partial charge in [-0.15, -0.1) is 0 Å². The fourth-order valence-electron chi connectivity index (χ4n) is 3.46. The zero-order valence-corrected chi connectivity index (χ0v) is 27.6. The molecule has 0 aliphatic heterocycles. The average molecular weight is 818 g/mol. The Hall–Kier alpha value is -2.56. The van der Waals surface area contributed by atoms with Gasteiger partial charge in [0.25, 0.3) is 11.8 Å². The zero-order chi connectivity index (χ0) is 30.0. The smallest absolute Gasteiger partial charge is 0.269 e. The van der Waals surface area contributed by atoms with Crippen molar-refractivity contribution in [3.8, 4) is 23.0 Å². The van der Waals surface area contributed by atoms with E-state index in [0.717, 1.165) is 0 Å². The van der Waals surface area contributed by atoms with Crippen LogP contribution in [0.25, 0.3) is 0 Å². The third kappa shape index (κ3) is 8.47. The van der Waals surface area contributed by atoms with E-state index in [9.17, 15) is 30.2 Å². The molecule has 0 fully saturated rings. The molecule has 2 aromatic rings. The summed E-state index contributed by atoms with van der Waals surface area (Å²) >= 11 is 13.1. The maximum Gasteiger partial charge on any atom is 0.269 e. The first-order valence-electron chi connectivity index (χ1n) is 11.5. The highest BCUT2D eigenvalue weighted by Crippen LogP contribution is 2.43. The van der Waals surface area contributed by atoms with Gasteiger partial charge in [-0.05, 0) is 88.7 Å². The molecule has 0 heterocycles. The van der Waals surface area contributed by atoms with Gasteiger partial charge in [0.2, 0.25) is 0 Å². The summed E-state index contributed by atoms with van der Waals surface area (Å²) in [5.41, 5.74) is 0.233. The van der Waals surface area contributed by atoms with Crippen LogP contribution in [0.4, 0.5) is 0 Å². The number of oxime groups is 2. The molecule has 0 atom stereocenters. The molecule has 0 aliphatic rings. The van der Waals surface area contributed by atoms with Crippen molar-refractivity contribution in [1.82, 2.24) is 10.6 Å². The minimum Gasteiger partial charge on any atom is -0.506 e. The lowest BCUT2D eigenvalue weighted by molar-refractivity contribution is -0.116. The number of amides is 2. The normalized spacial score (nSPS) is 11.8. The first-order valence-corrected chi connectivity index (χ1v) is 14.6. The SMILES string of the molecule is COc1c(Br)cc(C/C(=N\O)C(=O)NCCCCNC(=O)/C(Cc2cc(Br)c(OC)c(Br)c2O)=N/O)c(O)c1Br. The van der Waals surface area contributed by atoms with Gasteiger partial charge in [-0.1, -0.05) is 10.3 Å². The van der Waals surface area contributed by atoms with Gasteiger partial charge in [-0.3, -0.25) is 9.59 Å². The Balaban J connectivity index is 1.83. The number of unbranched alkanes of at least 4 members (excludes halogenated alkanes) is 1. The molecule has 0 saturated heterocycles. The first-order chi connectivity index (χ1) is 19.0. The number of methoxy groups -OCH3 is 2. The second-order valence-corrected chi connectivity index (χ2v) is 11.4. The molecule has 16 heteroatoms. The average Bonchev–Trinajstić information content (AvgIpc) is 2.93. The van der Waals surface area contributed by atoms with Crippen molar-refractivity contribution < 1.29 is 39.7 Å². The predicted molar refractivity (Wildman–Crippen MR) is 161 cm³/mol. The number of benzene rings is 2. The van der Waals surface area contributed by atoms with E-state index in [2.05, 4.69) is 84.7 Å². The fourth-order valence-corrected chi connectivity index (χ4v) is 6.53. The number of ether oxygens (including phenoxy) is 2. The van der Waals surface area contributed by atoms with Crippen molar-refractivity contribution >= 4 is 87.0 Å². The van der Waals surface area contributed by atoms with Crippen molar-refractivity contribution in [3.05, 3.63) is 41.2 Å². The molecule has 2 amide bonds. The Bertz CT molecular complexity index is 1220. The number of aromatic hydroxyl groups is 2. The van der Waals surface area contributed by atoms with E-state index in [1.807, 2.05) is 0 Å². The summed E-state index contributed by atoms with van der Waals surface area (Å²) in [4.78, 5) is 24.9. The van der Waals surface area contributed by atoms with E-state index in [1.54, 1.807) is 12.1 Å². The van der Waals surface area contributed by atoms with Crippen LogP contribution in [-0.4, -0.2) is 71.2 Å². The lowest BCUT2D eigenvalue weighted by Crippen LogP contribution is -2.35. The van der Waals surface area contributed by atoms with Crippen LogP contribution in [0.2, 0.25) is 0 Å². The third-order valence-electron chi connectivity index (χ3n) is 5.52. The van der Waals surface area contributed by atoms with Crippen molar-refractivity contribution in [3.63, 3.8) is 0 Å². The molecule has 2 aromatic carbocycles. The van der Waals surface area contributed by atoms with Gasteiger partial charge in [0, 0.05) is 37.1 Å². The molecule has 0 aromatic heterocycles. The highest BCUT2D eigenvalue weighted by Gasteiger charge is 2.21. The lowest BCUT2D eigenvalue weighted by Gasteiger charge is -2.13. The molecule has 2 rings (SSSR count). The minimum atomic E-state index is -0.625. The van der Waals surface area contributed by atoms with Crippen molar-refractivity contribution in [2.24, 2.45) is 10.3 Å². The quantitative estimate of drug-likeness (QED) is 0.0733. The van der Waals surface area contributed by atoms with Gasteiger partial charge in [0.15, 0.2) is 11.5 Å². The largest absolute Gasteiger partial charge is 0.506 e. The molecule has 40 heavy (non-hydrogen) atoms. The van der Waals surface area contributed by atoms with Crippen LogP contribution in [-0.2, 0) is 22.4 Å². The number of carbonyl (C=O) groups is 2. The second-order valence-electron chi connectivity index (χ2n) is 8.09. The Morgan fingerprint density at radius 3 is 1.40 bits per heavy atom. The van der Waals surface area contributed by atoms with Crippen LogP contribution in [0.5, 0.6) is 23.0 Å². The summed E-state index contributed by atoms with van der Waals surface area (Å²) in [5, 5.41) is 50.8. The monoisotopic (exact) mass is 814 g/mol. The minimum absolute atomic E-state index is 0.147. The Morgan fingerprint density at radius 1 is 0.750 bits per heavy atom.